The van der Waals surface area contributed by atoms with Crippen molar-refractivity contribution >= 4 is 24.1 Å². The molecule has 13 atom stereocenters. The molecular formula is C46H56O23. The fraction of sp³-hybridized carbons (Fsp3) is 0.478. The number of hydrogen-bond acceptors (Lipinski definition) is 23. The molecule has 0 aliphatic carbocycles. The van der Waals surface area contributed by atoms with Crippen LogP contribution in [0.1, 0.15) is 23.6 Å². The monoisotopic (exact) mass is 976 g/mol. The summed E-state index contributed by atoms with van der Waals surface area (Å²) in [6.07, 6.45) is -15.6. The molecule has 10 N–H and O–H groups in total. The van der Waals surface area contributed by atoms with Crippen molar-refractivity contribution < 1.29 is 113 Å². The molecule has 0 aromatic heterocycles. The minimum Gasteiger partial charge on any atom is -0.504 e. The maximum Gasteiger partial charge on any atom is 0.330 e. The van der Waals surface area contributed by atoms with Gasteiger partial charge in [0.25, 0.3) is 0 Å². The van der Waals surface area contributed by atoms with E-state index in [0.717, 1.165) is 12.2 Å². The van der Waals surface area contributed by atoms with Gasteiger partial charge in [-0.05, 0) is 78.6 Å². The van der Waals surface area contributed by atoms with E-state index in [2.05, 4.69) is 0 Å². The van der Waals surface area contributed by atoms with Gasteiger partial charge in [-0.25, -0.2) is 9.59 Å². The van der Waals surface area contributed by atoms with Crippen molar-refractivity contribution in [1.29, 1.82) is 0 Å². The van der Waals surface area contributed by atoms with E-state index in [-0.39, 0.29) is 47.5 Å². The van der Waals surface area contributed by atoms with Gasteiger partial charge in [0.05, 0.1) is 40.6 Å². The largest absolute Gasteiger partial charge is 0.504 e. The number of aliphatic hydroxyl groups excluding tert-OH is 5. The summed E-state index contributed by atoms with van der Waals surface area (Å²) in [5.74, 6) is -2.78. The molecule has 0 amide bonds. The lowest BCUT2D eigenvalue weighted by atomic mass is 9.96. The normalized spacial score (nSPS) is 30.3. The Kier molecular flexibility index (Phi) is 17.7. The van der Waals surface area contributed by atoms with Gasteiger partial charge in [0.1, 0.15) is 62.0 Å². The average molecular weight is 977 g/mol. The molecule has 3 heterocycles. The second-order valence-corrected chi connectivity index (χ2v) is 16.2. The van der Waals surface area contributed by atoms with Crippen LogP contribution >= 0.6 is 0 Å². The van der Waals surface area contributed by atoms with Gasteiger partial charge in [-0.1, -0.05) is 12.1 Å². The third kappa shape index (κ3) is 12.7. The molecule has 3 aliphatic rings. The first kappa shape index (κ1) is 52.6. The molecule has 378 valence electrons. The highest BCUT2D eigenvalue weighted by atomic mass is 16.8. The lowest BCUT2D eigenvalue weighted by Gasteiger charge is -2.47. The van der Waals surface area contributed by atoms with Crippen LogP contribution in [0, 0.1) is 0 Å². The molecule has 0 saturated carbocycles. The van der Waals surface area contributed by atoms with Crippen molar-refractivity contribution in [1.82, 2.24) is 0 Å². The summed E-state index contributed by atoms with van der Waals surface area (Å²) < 4.78 is 61.9. The molecule has 3 aliphatic heterocycles. The van der Waals surface area contributed by atoms with Crippen LogP contribution in [0.4, 0.5) is 0 Å². The van der Waals surface area contributed by atoms with Gasteiger partial charge < -0.3 is 103 Å². The number of rotatable bonds is 19. The van der Waals surface area contributed by atoms with Crippen LogP contribution in [0.2, 0.25) is 0 Å². The second-order valence-electron chi connectivity index (χ2n) is 16.2. The quantitative estimate of drug-likeness (QED) is 0.0420. The fourth-order valence-corrected chi connectivity index (χ4v) is 7.41. The van der Waals surface area contributed by atoms with E-state index in [4.69, 9.17) is 52.1 Å². The number of hydrogen-bond donors (Lipinski definition) is 10. The van der Waals surface area contributed by atoms with Crippen molar-refractivity contribution in [2.75, 3.05) is 47.8 Å². The number of aliphatic hydroxyl groups is 6. The van der Waals surface area contributed by atoms with Crippen LogP contribution in [0.25, 0.3) is 12.2 Å². The van der Waals surface area contributed by atoms with Crippen LogP contribution < -0.4 is 14.2 Å². The molecule has 3 saturated heterocycles. The predicted octanol–water partition coefficient (Wildman–Crippen LogP) is -0.261. The number of esters is 2. The molecule has 23 heteroatoms. The van der Waals surface area contributed by atoms with Crippen molar-refractivity contribution in [2.45, 2.75) is 92.8 Å². The molecule has 13 unspecified atom stereocenters. The zero-order valence-corrected chi connectivity index (χ0v) is 37.7. The fourth-order valence-electron chi connectivity index (χ4n) is 7.41. The van der Waals surface area contributed by atoms with E-state index in [1.165, 1.54) is 88.9 Å². The second kappa shape index (κ2) is 23.2. The minimum absolute atomic E-state index is 0.0572. The Morgan fingerprint density at radius 1 is 0.681 bits per heavy atom. The summed E-state index contributed by atoms with van der Waals surface area (Å²) in [5, 5.41) is 107. The Morgan fingerprint density at radius 2 is 1.30 bits per heavy atom. The average Bonchev–Trinajstić information content (AvgIpc) is 3.62. The number of carbonyl (C=O) groups is 2. The Labute approximate surface area is 394 Å². The standard InChI is InChI=1S/C46H56O23/c1-22-35(52)38(55)39(56)43(66-22)68-40-37(54)32(19-63-33(50)12-8-25-17-30(60-3)36(53)31(18-25)61-4)67-44(62-14-13-24-5-9-26(47)28(49)15-24)41(40)69-45-42(57)46(58,21-65-45)20-64-34(51)11-7-23-6-10-27(48)29(16-23)59-2/h5-12,15-18,22,32,35,37-45,47-49,52-58H,13-14,19-21H2,1-4H3. The molecule has 0 radical (unpaired) electrons. The van der Waals surface area contributed by atoms with Gasteiger partial charge >= 0.3 is 11.9 Å². The smallest absolute Gasteiger partial charge is 0.330 e. The molecule has 3 aromatic carbocycles. The lowest BCUT2D eigenvalue weighted by Crippen LogP contribution is -2.65. The van der Waals surface area contributed by atoms with E-state index >= 15 is 0 Å². The predicted molar refractivity (Wildman–Crippen MR) is 233 cm³/mol. The summed E-state index contributed by atoms with van der Waals surface area (Å²) in [6, 6.07) is 11.2. The summed E-state index contributed by atoms with van der Waals surface area (Å²) in [7, 11) is 4.00. The topological polar surface area (TPSA) is 338 Å². The maximum absolute atomic E-state index is 13.1. The number of methoxy groups -OCH3 is 3. The van der Waals surface area contributed by atoms with Crippen LogP contribution in [-0.2, 0) is 53.9 Å². The minimum atomic E-state index is -2.28. The van der Waals surface area contributed by atoms with Gasteiger partial charge in [0.2, 0.25) is 5.75 Å². The van der Waals surface area contributed by atoms with E-state index < -0.39 is 117 Å². The Bertz CT molecular complexity index is 2260. The van der Waals surface area contributed by atoms with Crippen LogP contribution in [0.5, 0.6) is 40.2 Å². The maximum atomic E-state index is 13.1. The Balaban J connectivity index is 1.23. The molecular weight excluding hydrogens is 920 g/mol. The van der Waals surface area contributed by atoms with Crippen LogP contribution in [0.15, 0.2) is 60.7 Å². The van der Waals surface area contributed by atoms with Crippen molar-refractivity contribution in [2.24, 2.45) is 0 Å². The van der Waals surface area contributed by atoms with Gasteiger partial charge in [-0.15, -0.1) is 0 Å². The van der Waals surface area contributed by atoms with E-state index in [0.29, 0.717) is 16.7 Å². The van der Waals surface area contributed by atoms with E-state index in [1.807, 2.05) is 0 Å². The highest BCUT2D eigenvalue weighted by Gasteiger charge is 2.56. The Hall–Kier alpha value is -5.80. The molecule has 3 aromatic rings. The first-order valence-electron chi connectivity index (χ1n) is 21.4. The zero-order valence-electron chi connectivity index (χ0n) is 37.7. The lowest BCUT2D eigenvalue weighted by molar-refractivity contribution is -0.375. The molecule has 69 heavy (non-hydrogen) atoms. The number of phenols is 4. The summed E-state index contributed by atoms with van der Waals surface area (Å²) >= 11 is 0. The summed E-state index contributed by atoms with van der Waals surface area (Å²) in [4.78, 5) is 25.8. The van der Waals surface area contributed by atoms with Gasteiger partial charge in [0.15, 0.2) is 59.0 Å². The van der Waals surface area contributed by atoms with E-state index in [1.54, 1.807) is 0 Å². The zero-order chi connectivity index (χ0) is 50.2. The highest BCUT2D eigenvalue weighted by molar-refractivity contribution is 5.88. The van der Waals surface area contributed by atoms with Crippen LogP contribution in [-0.4, -0.2) is 190 Å². The van der Waals surface area contributed by atoms with Gasteiger partial charge in [0, 0.05) is 12.2 Å². The first-order chi connectivity index (χ1) is 32.9. The highest BCUT2D eigenvalue weighted by Crippen LogP contribution is 2.38. The molecule has 23 nitrogen and oxygen atoms in total. The summed E-state index contributed by atoms with van der Waals surface area (Å²) in [6.45, 7) is -0.998. The number of benzene rings is 3. The molecule has 0 spiro atoms. The third-order valence-corrected chi connectivity index (χ3v) is 11.4. The van der Waals surface area contributed by atoms with E-state index in [9.17, 15) is 60.7 Å². The van der Waals surface area contributed by atoms with Crippen LogP contribution in [0.3, 0.4) is 0 Å². The van der Waals surface area contributed by atoms with Gasteiger partial charge in [-0.3, -0.25) is 0 Å². The number of ether oxygens (including phenoxy) is 11. The molecule has 0 bridgehead atoms. The Morgan fingerprint density at radius 3 is 1.97 bits per heavy atom. The SMILES string of the molecule is COc1cc(C=CC(=O)OCC2(O)COC(OC3C(OCCc4ccc(O)c(O)c4)OC(COC(=O)C=Cc4cc(OC)c(O)c(OC)c4)C(O)C3OC3OC(C)C(O)C(O)C3O)C2O)ccc1O. The van der Waals surface area contributed by atoms with Crippen molar-refractivity contribution in [3.05, 3.63) is 77.4 Å². The molecule has 6 rings (SSSR count). The third-order valence-electron chi connectivity index (χ3n) is 11.4. The number of phenolic OH excluding ortho intramolecular Hbond substituents is 4. The summed E-state index contributed by atoms with van der Waals surface area (Å²) in [5.41, 5.74) is -0.966. The molecule has 3 fully saturated rings. The first-order valence-corrected chi connectivity index (χ1v) is 21.4. The van der Waals surface area contributed by atoms with Crippen molar-refractivity contribution in [3.8, 4) is 40.2 Å². The number of carbonyl (C=O) groups excluding carboxylic acids is 2. The van der Waals surface area contributed by atoms with Crippen molar-refractivity contribution in [3.63, 3.8) is 0 Å². The number of aromatic hydroxyl groups is 4. The van der Waals surface area contributed by atoms with Gasteiger partial charge in [-0.2, -0.15) is 0 Å².